The SMILES string of the molecule is COc1cc(OC)cc(-c2noc(CNCC3CC3)n2)c1. The molecule has 1 aromatic heterocycles. The second-order valence-electron chi connectivity index (χ2n) is 5.19. The van der Waals surface area contributed by atoms with Crippen LogP contribution < -0.4 is 14.8 Å². The van der Waals surface area contributed by atoms with Crippen molar-refractivity contribution in [1.82, 2.24) is 15.5 Å². The van der Waals surface area contributed by atoms with E-state index < -0.39 is 0 Å². The van der Waals surface area contributed by atoms with Crippen LogP contribution in [0.15, 0.2) is 22.7 Å². The molecular formula is C15H19N3O3. The fourth-order valence-electron chi connectivity index (χ4n) is 2.09. The van der Waals surface area contributed by atoms with Gasteiger partial charge in [-0.3, -0.25) is 0 Å². The van der Waals surface area contributed by atoms with Crippen LogP contribution in [0.5, 0.6) is 11.5 Å². The predicted molar refractivity (Wildman–Crippen MR) is 77.3 cm³/mol. The summed E-state index contributed by atoms with van der Waals surface area (Å²) in [6.45, 7) is 1.62. The monoisotopic (exact) mass is 289 g/mol. The Balaban J connectivity index is 1.71. The van der Waals surface area contributed by atoms with Crippen LogP contribution in [0, 0.1) is 5.92 Å². The van der Waals surface area contributed by atoms with Crippen molar-refractivity contribution in [2.45, 2.75) is 19.4 Å². The number of rotatable bonds is 7. The highest BCUT2D eigenvalue weighted by molar-refractivity contribution is 5.60. The molecule has 1 aliphatic rings. The zero-order valence-electron chi connectivity index (χ0n) is 12.3. The molecular weight excluding hydrogens is 270 g/mol. The van der Waals surface area contributed by atoms with E-state index in [9.17, 15) is 0 Å². The molecule has 1 aromatic carbocycles. The molecule has 0 radical (unpaired) electrons. The molecule has 0 amide bonds. The Bertz CT molecular complexity index is 586. The van der Waals surface area contributed by atoms with E-state index in [0.717, 1.165) is 18.0 Å². The van der Waals surface area contributed by atoms with Crippen LogP contribution in [0.3, 0.4) is 0 Å². The first kappa shape index (κ1) is 13.9. The van der Waals surface area contributed by atoms with Crippen molar-refractivity contribution in [3.63, 3.8) is 0 Å². The maximum atomic E-state index is 5.26. The summed E-state index contributed by atoms with van der Waals surface area (Å²) in [6.07, 6.45) is 2.65. The van der Waals surface area contributed by atoms with Crippen molar-refractivity contribution >= 4 is 0 Å². The lowest BCUT2D eigenvalue weighted by molar-refractivity contribution is 0.366. The minimum Gasteiger partial charge on any atom is -0.497 e. The molecule has 1 saturated carbocycles. The van der Waals surface area contributed by atoms with Gasteiger partial charge in [0.2, 0.25) is 11.7 Å². The lowest BCUT2D eigenvalue weighted by Crippen LogP contribution is -2.16. The zero-order valence-corrected chi connectivity index (χ0v) is 12.3. The number of benzene rings is 1. The lowest BCUT2D eigenvalue weighted by Gasteiger charge is -2.05. The smallest absolute Gasteiger partial charge is 0.240 e. The van der Waals surface area contributed by atoms with E-state index in [2.05, 4.69) is 15.5 Å². The van der Waals surface area contributed by atoms with Crippen LogP contribution in [0.2, 0.25) is 0 Å². The summed E-state index contributed by atoms with van der Waals surface area (Å²) in [5.41, 5.74) is 0.809. The second kappa shape index (κ2) is 6.13. The normalized spacial score (nSPS) is 14.2. The molecule has 0 spiro atoms. The van der Waals surface area contributed by atoms with Crippen molar-refractivity contribution < 1.29 is 14.0 Å². The largest absolute Gasteiger partial charge is 0.497 e. The first-order chi connectivity index (χ1) is 10.3. The van der Waals surface area contributed by atoms with Gasteiger partial charge in [0.15, 0.2) is 0 Å². The number of methoxy groups -OCH3 is 2. The molecule has 112 valence electrons. The van der Waals surface area contributed by atoms with Crippen LogP contribution in [0.4, 0.5) is 0 Å². The Morgan fingerprint density at radius 3 is 2.52 bits per heavy atom. The summed E-state index contributed by atoms with van der Waals surface area (Å²) in [6, 6.07) is 5.52. The molecule has 1 heterocycles. The van der Waals surface area contributed by atoms with Gasteiger partial charge in [0.05, 0.1) is 20.8 Å². The van der Waals surface area contributed by atoms with Gasteiger partial charge >= 0.3 is 0 Å². The highest BCUT2D eigenvalue weighted by Gasteiger charge is 2.20. The van der Waals surface area contributed by atoms with Gasteiger partial charge in [-0.15, -0.1) is 0 Å². The minimum absolute atomic E-state index is 0.537. The van der Waals surface area contributed by atoms with Gasteiger partial charge in [-0.1, -0.05) is 5.16 Å². The van der Waals surface area contributed by atoms with E-state index in [-0.39, 0.29) is 0 Å². The molecule has 21 heavy (non-hydrogen) atoms. The first-order valence-electron chi connectivity index (χ1n) is 7.05. The summed E-state index contributed by atoms with van der Waals surface area (Å²) in [5, 5.41) is 7.34. The Hall–Kier alpha value is -2.08. The van der Waals surface area contributed by atoms with Gasteiger partial charge in [0.25, 0.3) is 0 Å². The minimum atomic E-state index is 0.537. The highest BCUT2D eigenvalue weighted by atomic mass is 16.5. The molecule has 0 unspecified atom stereocenters. The van der Waals surface area contributed by atoms with Crippen molar-refractivity contribution in [1.29, 1.82) is 0 Å². The third kappa shape index (κ3) is 3.52. The number of aromatic nitrogens is 2. The van der Waals surface area contributed by atoms with Crippen LogP contribution in [-0.4, -0.2) is 30.9 Å². The fraction of sp³-hybridized carbons (Fsp3) is 0.467. The van der Waals surface area contributed by atoms with E-state index in [0.29, 0.717) is 29.8 Å². The van der Waals surface area contributed by atoms with E-state index >= 15 is 0 Å². The summed E-state index contributed by atoms with van der Waals surface area (Å²) < 4.78 is 15.8. The average Bonchev–Trinajstić information content (AvgIpc) is 3.22. The zero-order chi connectivity index (χ0) is 14.7. The Labute approximate surface area is 123 Å². The first-order valence-corrected chi connectivity index (χ1v) is 7.05. The molecule has 1 aliphatic carbocycles. The maximum absolute atomic E-state index is 5.26. The van der Waals surface area contributed by atoms with E-state index in [4.69, 9.17) is 14.0 Å². The Morgan fingerprint density at radius 1 is 1.19 bits per heavy atom. The summed E-state index contributed by atoms with van der Waals surface area (Å²) in [5.74, 6) is 3.35. The predicted octanol–water partition coefficient (Wildman–Crippen LogP) is 2.25. The summed E-state index contributed by atoms with van der Waals surface area (Å²) in [7, 11) is 3.23. The van der Waals surface area contributed by atoms with Crippen LogP contribution in [0.1, 0.15) is 18.7 Å². The fourth-order valence-corrected chi connectivity index (χ4v) is 2.09. The quantitative estimate of drug-likeness (QED) is 0.843. The van der Waals surface area contributed by atoms with Gasteiger partial charge in [-0.2, -0.15) is 4.98 Å². The molecule has 1 fully saturated rings. The van der Waals surface area contributed by atoms with Gasteiger partial charge in [0, 0.05) is 11.6 Å². The molecule has 0 atom stereocenters. The van der Waals surface area contributed by atoms with Crippen molar-refractivity contribution in [2.75, 3.05) is 20.8 Å². The molecule has 0 saturated heterocycles. The van der Waals surface area contributed by atoms with Crippen molar-refractivity contribution in [2.24, 2.45) is 5.92 Å². The summed E-state index contributed by atoms with van der Waals surface area (Å²) in [4.78, 5) is 4.40. The lowest BCUT2D eigenvalue weighted by atomic mass is 10.2. The Kier molecular flexibility index (Phi) is 4.06. The molecule has 6 heteroatoms. The standard InChI is InChI=1S/C15H19N3O3/c1-19-12-5-11(6-13(7-12)20-2)15-17-14(21-18-15)9-16-8-10-3-4-10/h5-7,10,16H,3-4,8-9H2,1-2H3. The molecule has 0 aliphatic heterocycles. The molecule has 2 aromatic rings. The van der Waals surface area contributed by atoms with Crippen LogP contribution in [0.25, 0.3) is 11.4 Å². The average molecular weight is 289 g/mol. The number of hydrogen-bond acceptors (Lipinski definition) is 6. The Morgan fingerprint density at radius 2 is 1.90 bits per heavy atom. The third-order valence-electron chi connectivity index (χ3n) is 3.48. The molecule has 0 bridgehead atoms. The van der Waals surface area contributed by atoms with E-state index in [1.807, 2.05) is 18.2 Å². The van der Waals surface area contributed by atoms with Gasteiger partial charge in [-0.25, -0.2) is 0 Å². The second-order valence-corrected chi connectivity index (χ2v) is 5.19. The molecule has 3 rings (SSSR count). The third-order valence-corrected chi connectivity index (χ3v) is 3.48. The highest BCUT2D eigenvalue weighted by Crippen LogP contribution is 2.29. The molecule has 6 nitrogen and oxygen atoms in total. The maximum Gasteiger partial charge on any atom is 0.240 e. The van der Waals surface area contributed by atoms with Crippen LogP contribution >= 0.6 is 0 Å². The van der Waals surface area contributed by atoms with Gasteiger partial charge in [-0.05, 0) is 37.4 Å². The number of nitrogens with zero attached hydrogens (tertiary/aromatic N) is 2. The van der Waals surface area contributed by atoms with Gasteiger partial charge < -0.3 is 19.3 Å². The van der Waals surface area contributed by atoms with Gasteiger partial charge in [0.1, 0.15) is 11.5 Å². The van der Waals surface area contributed by atoms with Crippen LogP contribution in [-0.2, 0) is 6.54 Å². The topological polar surface area (TPSA) is 69.4 Å². The van der Waals surface area contributed by atoms with E-state index in [1.165, 1.54) is 12.8 Å². The van der Waals surface area contributed by atoms with Crippen molar-refractivity contribution in [3.05, 3.63) is 24.1 Å². The van der Waals surface area contributed by atoms with Crippen molar-refractivity contribution in [3.8, 4) is 22.9 Å². The molecule has 1 N–H and O–H groups in total. The number of ether oxygens (including phenoxy) is 2. The number of nitrogens with one attached hydrogen (secondary N) is 1. The number of hydrogen-bond donors (Lipinski definition) is 1. The summed E-state index contributed by atoms with van der Waals surface area (Å²) >= 11 is 0. The van der Waals surface area contributed by atoms with E-state index in [1.54, 1.807) is 14.2 Å².